The van der Waals surface area contributed by atoms with E-state index in [9.17, 15) is 63.1 Å². The summed E-state index contributed by atoms with van der Waals surface area (Å²) in [5, 5.41) is 43.1. The van der Waals surface area contributed by atoms with E-state index in [-0.39, 0.29) is 39.7 Å². The number of aromatic nitrogens is 12. The molecule has 37 nitrogen and oxygen atoms in total. The van der Waals surface area contributed by atoms with Gasteiger partial charge in [-0.05, 0) is 0 Å². The van der Waals surface area contributed by atoms with Gasteiger partial charge in [0.05, 0.1) is 45.7 Å². The number of imidazole rings is 3. The molecule has 9 rings (SSSR count). The molecule has 0 aromatic carbocycles. The van der Waals surface area contributed by atoms with Crippen LogP contribution in [0.25, 0.3) is 33.5 Å². The highest BCUT2D eigenvalue weighted by Gasteiger charge is 2.54. The zero-order valence-corrected chi connectivity index (χ0v) is 40.7. The number of anilines is 2. The number of phosphoric acid groups is 4. The first kappa shape index (κ1) is 53.1. The second kappa shape index (κ2) is 20.1. The first-order chi connectivity index (χ1) is 34.4. The van der Waals surface area contributed by atoms with Crippen LogP contribution < -0.4 is 21.6 Å². The number of aryl methyl sites for hydroxylation is 1. The molecule has 398 valence electrons. The van der Waals surface area contributed by atoms with Gasteiger partial charge in [-0.2, -0.15) is 23.2 Å². The van der Waals surface area contributed by atoms with Crippen LogP contribution in [0.4, 0.5) is 11.8 Å². The third-order valence-electron chi connectivity index (χ3n) is 11.4. The fourth-order valence-corrected chi connectivity index (χ4v) is 12.6. The standard InChI is InChI=1S/C32H42N14O23P4/c1-43-11-46(25-12(43)3-35-7-37-25)30-21(50)19(48)14(65-30)5-62-71(54,55)68-73(58,59)69-72(56,57)63-6-15-22(23(60-2)31(66-15)44-9-39-16-24(33)36-8-38-26(16)44)67-70(52,53)61-4-13-18(47)20(49)29(64-13)45-10-40-17-27(45)41-32(34)42-28(17)51/h3,7-11,13-15,18-23,29-31,47-50H,4-6H2,1-2H3,(H8-,33,34,36,38,41,42,51,52,53,54,55,56,57,58,59)/p+1. The molecule has 6 aromatic heterocycles. The molecule has 9 heterocycles. The van der Waals surface area contributed by atoms with Crippen LogP contribution in [0, 0.1) is 0 Å². The van der Waals surface area contributed by atoms with Gasteiger partial charge in [0.25, 0.3) is 11.2 Å². The number of fused-ring (bicyclic) bond motifs is 3. The van der Waals surface area contributed by atoms with Gasteiger partial charge in [0.2, 0.25) is 24.0 Å². The minimum atomic E-state index is -6.16. The molecule has 3 fully saturated rings. The Labute approximate surface area is 405 Å². The highest BCUT2D eigenvalue weighted by atomic mass is 31.3. The Bertz CT molecular complexity index is 3290. The van der Waals surface area contributed by atoms with Crippen LogP contribution in [0.3, 0.4) is 0 Å². The fourth-order valence-electron chi connectivity index (χ4n) is 8.09. The first-order valence-corrected chi connectivity index (χ1v) is 26.7. The van der Waals surface area contributed by atoms with Gasteiger partial charge in [0.15, 0.2) is 35.1 Å². The second-order valence-electron chi connectivity index (χ2n) is 16.1. The van der Waals surface area contributed by atoms with E-state index in [1.165, 1.54) is 28.0 Å². The van der Waals surface area contributed by atoms with Crippen molar-refractivity contribution in [2.24, 2.45) is 7.05 Å². The van der Waals surface area contributed by atoms with E-state index in [1.807, 2.05) is 0 Å². The minimum Gasteiger partial charge on any atom is -0.387 e. The molecule has 0 saturated carbocycles. The number of aliphatic hydroxyl groups excluding tert-OH is 4. The Morgan fingerprint density at radius 1 is 0.671 bits per heavy atom. The Balaban J connectivity index is 0.861. The maximum Gasteiger partial charge on any atom is 0.490 e. The SMILES string of the molecule is COC1C(OP(=O)(O)OCC2OC(n3cnc4c(=O)[nH]c(N)nc43)C(O)C2O)C(COP(=O)(O)OP(=O)(O)OP(=O)(O)OCC2OC(n3c[n+](C)c4cncnc43)C(O)C2O)OC1n1cnc2c(N)ncnc21. The predicted octanol–water partition coefficient (Wildman–Crippen LogP) is -3.59. The molecule has 73 heavy (non-hydrogen) atoms. The third-order valence-corrected chi connectivity index (χ3v) is 16.6. The van der Waals surface area contributed by atoms with Gasteiger partial charge in [0, 0.05) is 7.11 Å². The molecule has 3 saturated heterocycles. The molecule has 3 aliphatic rings. The number of nitrogens with two attached hydrogens (primary N) is 2. The second-order valence-corrected chi connectivity index (χ2v) is 22.1. The summed E-state index contributed by atoms with van der Waals surface area (Å²) in [4.78, 5) is 84.9. The van der Waals surface area contributed by atoms with E-state index in [2.05, 4.69) is 48.5 Å². The lowest BCUT2D eigenvalue weighted by Gasteiger charge is -2.26. The number of aliphatic hydroxyl groups is 4. The largest absolute Gasteiger partial charge is 0.490 e. The number of nitrogens with zero attached hydrogens (tertiary/aromatic N) is 11. The molecule has 0 bridgehead atoms. The number of aromatic amines is 1. The van der Waals surface area contributed by atoms with Crippen molar-refractivity contribution in [1.82, 2.24) is 53.6 Å². The average molecular weight is 1120 g/mol. The number of ether oxygens (including phenoxy) is 4. The molecule has 16 atom stereocenters. The van der Waals surface area contributed by atoms with Gasteiger partial charge < -0.3 is 70.4 Å². The van der Waals surface area contributed by atoms with Crippen molar-refractivity contribution >= 4 is 76.5 Å². The molecule has 0 amide bonds. The Kier molecular flexibility index (Phi) is 14.6. The molecule has 16 unspecified atom stereocenters. The third kappa shape index (κ3) is 10.7. The van der Waals surface area contributed by atoms with E-state index < -0.39 is 130 Å². The van der Waals surface area contributed by atoms with E-state index in [1.54, 1.807) is 11.6 Å². The smallest absolute Gasteiger partial charge is 0.387 e. The van der Waals surface area contributed by atoms with E-state index in [4.69, 9.17) is 48.5 Å². The number of hydrogen-bond acceptors (Lipinski definition) is 28. The van der Waals surface area contributed by atoms with Crippen LogP contribution in [-0.2, 0) is 71.0 Å². The lowest BCUT2D eigenvalue weighted by molar-refractivity contribution is -0.646. The van der Waals surface area contributed by atoms with Gasteiger partial charge in [0.1, 0.15) is 73.1 Å². The monoisotopic (exact) mass is 1120 g/mol. The van der Waals surface area contributed by atoms with Crippen LogP contribution in [0.5, 0.6) is 0 Å². The Morgan fingerprint density at radius 2 is 1.22 bits per heavy atom. The number of phosphoric ester groups is 3. The van der Waals surface area contributed by atoms with Gasteiger partial charge in [-0.15, -0.1) is 0 Å². The Morgan fingerprint density at radius 3 is 1.85 bits per heavy atom. The van der Waals surface area contributed by atoms with E-state index in [0.29, 0.717) is 5.52 Å². The number of nitrogen functional groups attached to an aromatic ring is 2. The number of H-pyrrole nitrogens is 1. The minimum absolute atomic E-state index is 0.0194. The number of methoxy groups -OCH3 is 1. The summed E-state index contributed by atoms with van der Waals surface area (Å²) in [6.45, 7) is -3.28. The molecule has 41 heteroatoms. The zero-order chi connectivity index (χ0) is 52.5. The molecular weight excluding hydrogens is 1070 g/mol. The lowest BCUT2D eigenvalue weighted by Crippen LogP contribution is -2.38. The summed E-state index contributed by atoms with van der Waals surface area (Å²) in [7, 11) is -20.6. The first-order valence-electron chi connectivity index (χ1n) is 20.8. The van der Waals surface area contributed by atoms with Crippen LogP contribution in [0.2, 0.25) is 0 Å². The van der Waals surface area contributed by atoms with Crippen molar-refractivity contribution in [2.75, 3.05) is 38.4 Å². The summed E-state index contributed by atoms with van der Waals surface area (Å²) in [5.74, 6) is -0.386. The number of hydrogen-bond donors (Lipinski definition) is 11. The summed E-state index contributed by atoms with van der Waals surface area (Å²) >= 11 is 0. The summed E-state index contributed by atoms with van der Waals surface area (Å²) in [6.07, 6.45) is -12.2. The van der Waals surface area contributed by atoms with Crippen molar-refractivity contribution in [1.29, 1.82) is 0 Å². The van der Waals surface area contributed by atoms with Crippen molar-refractivity contribution in [3.63, 3.8) is 0 Å². The van der Waals surface area contributed by atoms with Gasteiger partial charge in [-0.1, -0.05) is 0 Å². The molecule has 13 N–H and O–H groups in total. The zero-order valence-electron chi connectivity index (χ0n) is 37.1. The van der Waals surface area contributed by atoms with Gasteiger partial charge in [-0.25, -0.2) is 47.7 Å². The number of nitrogens with one attached hydrogen (secondary N) is 1. The topological polar surface area (TPSA) is 516 Å². The van der Waals surface area contributed by atoms with Crippen LogP contribution in [0.1, 0.15) is 18.7 Å². The van der Waals surface area contributed by atoms with Gasteiger partial charge >= 0.3 is 31.3 Å². The molecule has 0 aliphatic carbocycles. The van der Waals surface area contributed by atoms with Crippen molar-refractivity contribution < 1.29 is 108 Å². The van der Waals surface area contributed by atoms with Crippen molar-refractivity contribution in [2.45, 2.75) is 73.6 Å². The average Bonchev–Trinajstić information content (AvgIpc) is 4.17. The molecule has 3 aliphatic heterocycles. The van der Waals surface area contributed by atoms with Crippen LogP contribution in [-0.4, -0.2) is 175 Å². The maximum atomic E-state index is 13.7. The van der Waals surface area contributed by atoms with Crippen molar-refractivity contribution in [3.05, 3.63) is 48.2 Å². The number of rotatable bonds is 19. The normalized spacial score (nSPS) is 31.0. The summed E-state index contributed by atoms with van der Waals surface area (Å²) in [5.41, 5.74) is 11.4. The van der Waals surface area contributed by atoms with Crippen LogP contribution in [0.15, 0.2) is 42.6 Å². The summed E-state index contributed by atoms with van der Waals surface area (Å²) < 4.78 is 109. The Hall–Kier alpha value is -4.75. The highest BCUT2D eigenvalue weighted by Crippen LogP contribution is 2.68. The van der Waals surface area contributed by atoms with Crippen molar-refractivity contribution in [3.8, 4) is 0 Å². The van der Waals surface area contributed by atoms with Crippen LogP contribution >= 0.6 is 31.3 Å². The summed E-state index contributed by atoms with van der Waals surface area (Å²) in [6, 6.07) is 0. The highest BCUT2D eigenvalue weighted by molar-refractivity contribution is 7.66. The molecule has 6 aromatic rings. The fraction of sp³-hybridized carbons (Fsp3) is 0.531. The molecule has 0 spiro atoms. The van der Waals surface area contributed by atoms with E-state index >= 15 is 0 Å². The quantitative estimate of drug-likeness (QED) is 0.0276. The van der Waals surface area contributed by atoms with Gasteiger partial charge in [-0.3, -0.25) is 37.0 Å². The predicted molar refractivity (Wildman–Crippen MR) is 232 cm³/mol. The van der Waals surface area contributed by atoms with E-state index in [0.717, 1.165) is 30.7 Å². The molecular formula is C32H43N14O23P4+. The maximum absolute atomic E-state index is 13.7. The lowest BCUT2D eigenvalue weighted by atomic mass is 10.1. The molecule has 0 radical (unpaired) electrons.